The summed E-state index contributed by atoms with van der Waals surface area (Å²) in [7, 11) is 1.65. The van der Waals surface area contributed by atoms with E-state index in [9.17, 15) is 4.79 Å². The molecule has 0 saturated carbocycles. The molecule has 1 aromatic carbocycles. The molecule has 21 heavy (non-hydrogen) atoms. The minimum atomic E-state index is -0.565. The maximum atomic E-state index is 12.3. The van der Waals surface area contributed by atoms with E-state index < -0.39 is 5.41 Å². The molecule has 1 aromatic rings. The van der Waals surface area contributed by atoms with E-state index in [0.29, 0.717) is 19.6 Å². The number of carbonyl (C=O) groups is 1. The fourth-order valence-corrected chi connectivity index (χ4v) is 2.56. The topological polar surface area (TPSA) is 61.5 Å². The first kappa shape index (κ1) is 17.5. The predicted octanol–water partition coefficient (Wildman–Crippen LogP) is 2.94. The average Bonchev–Trinajstić information content (AvgIpc) is 2.52. The molecule has 118 valence electrons. The van der Waals surface area contributed by atoms with Gasteiger partial charge in [-0.1, -0.05) is 25.5 Å². The Bertz CT molecular complexity index is 430. The minimum absolute atomic E-state index is 0.164. The van der Waals surface area contributed by atoms with Gasteiger partial charge in [0.25, 0.3) is 0 Å². The van der Waals surface area contributed by atoms with Crippen molar-refractivity contribution in [1.82, 2.24) is 0 Å². The molecule has 0 saturated heterocycles. The zero-order chi connectivity index (χ0) is 15.7. The van der Waals surface area contributed by atoms with Crippen LogP contribution in [0, 0.1) is 5.41 Å². The number of aryl methyl sites for hydroxylation is 1. The molecule has 2 N–H and O–H groups in total. The molecular formula is C17H27NO3. The highest BCUT2D eigenvalue weighted by atomic mass is 16.5. The molecule has 1 atom stereocenters. The smallest absolute Gasteiger partial charge is 0.313 e. The summed E-state index contributed by atoms with van der Waals surface area (Å²) >= 11 is 0. The van der Waals surface area contributed by atoms with E-state index in [4.69, 9.17) is 15.2 Å². The van der Waals surface area contributed by atoms with Crippen molar-refractivity contribution in [3.05, 3.63) is 29.8 Å². The van der Waals surface area contributed by atoms with Crippen LogP contribution >= 0.6 is 0 Å². The third-order valence-corrected chi connectivity index (χ3v) is 3.88. The monoisotopic (exact) mass is 293 g/mol. The quantitative estimate of drug-likeness (QED) is 0.711. The molecule has 0 fully saturated rings. The average molecular weight is 293 g/mol. The molecule has 0 aliphatic heterocycles. The van der Waals surface area contributed by atoms with Crippen LogP contribution in [0.3, 0.4) is 0 Å². The van der Waals surface area contributed by atoms with E-state index >= 15 is 0 Å². The number of esters is 1. The second kappa shape index (κ2) is 8.67. The van der Waals surface area contributed by atoms with Gasteiger partial charge in [0.2, 0.25) is 0 Å². The molecule has 0 aliphatic rings. The summed E-state index contributed by atoms with van der Waals surface area (Å²) in [5.41, 5.74) is 6.52. The number of methoxy groups -OCH3 is 1. The summed E-state index contributed by atoms with van der Waals surface area (Å²) in [5, 5.41) is 0. The summed E-state index contributed by atoms with van der Waals surface area (Å²) < 4.78 is 10.4. The Hall–Kier alpha value is -1.55. The zero-order valence-corrected chi connectivity index (χ0v) is 13.4. The Morgan fingerprint density at radius 3 is 2.33 bits per heavy atom. The zero-order valence-electron chi connectivity index (χ0n) is 13.4. The SMILES string of the molecule is CCCC(CN)(CCc1ccc(OC)cc1)C(=O)OCC. The number of hydrogen-bond donors (Lipinski definition) is 1. The van der Waals surface area contributed by atoms with Crippen molar-refractivity contribution < 1.29 is 14.3 Å². The molecule has 0 aromatic heterocycles. The van der Waals surface area contributed by atoms with Crippen molar-refractivity contribution in [1.29, 1.82) is 0 Å². The summed E-state index contributed by atoms with van der Waals surface area (Å²) in [6, 6.07) is 7.92. The molecule has 4 heteroatoms. The van der Waals surface area contributed by atoms with Gasteiger partial charge in [0, 0.05) is 6.54 Å². The van der Waals surface area contributed by atoms with Gasteiger partial charge in [-0.05, 0) is 43.9 Å². The van der Waals surface area contributed by atoms with E-state index in [2.05, 4.69) is 6.92 Å². The first-order valence-electron chi connectivity index (χ1n) is 7.62. The molecule has 0 spiro atoms. The standard InChI is InChI=1S/C17H27NO3/c1-4-11-17(13-18,16(19)21-5-2)12-10-14-6-8-15(20-3)9-7-14/h6-9H,4-5,10-13,18H2,1-3H3. The minimum Gasteiger partial charge on any atom is -0.497 e. The van der Waals surface area contributed by atoms with Crippen LogP contribution < -0.4 is 10.5 Å². The third kappa shape index (κ3) is 4.74. The molecule has 0 bridgehead atoms. The van der Waals surface area contributed by atoms with E-state index in [0.717, 1.165) is 25.0 Å². The number of carbonyl (C=O) groups excluding carboxylic acids is 1. The lowest BCUT2D eigenvalue weighted by molar-refractivity contribution is -0.155. The second-order valence-electron chi connectivity index (χ2n) is 5.30. The van der Waals surface area contributed by atoms with Crippen LogP contribution in [-0.2, 0) is 16.0 Å². The van der Waals surface area contributed by atoms with Gasteiger partial charge in [-0.15, -0.1) is 0 Å². The Labute approximate surface area is 127 Å². The summed E-state index contributed by atoms with van der Waals surface area (Å²) in [4.78, 5) is 12.3. The van der Waals surface area contributed by atoms with Gasteiger partial charge in [-0.3, -0.25) is 4.79 Å². The molecule has 0 aliphatic carbocycles. The van der Waals surface area contributed by atoms with E-state index in [1.54, 1.807) is 7.11 Å². The second-order valence-corrected chi connectivity index (χ2v) is 5.30. The maximum Gasteiger partial charge on any atom is 0.313 e. The first-order valence-corrected chi connectivity index (χ1v) is 7.62. The van der Waals surface area contributed by atoms with Crippen molar-refractivity contribution in [2.24, 2.45) is 11.1 Å². The van der Waals surface area contributed by atoms with Crippen LogP contribution in [0.1, 0.15) is 38.7 Å². The highest BCUT2D eigenvalue weighted by molar-refractivity contribution is 5.77. The van der Waals surface area contributed by atoms with Crippen LogP contribution in [0.2, 0.25) is 0 Å². The van der Waals surface area contributed by atoms with Crippen molar-refractivity contribution in [3.63, 3.8) is 0 Å². The van der Waals surface area contributed by atoms with E-state index in [-0.39, 0.29) is 5.97 Å². The van der Waals surface area contributed by atoms with Crippen LogP contribution in [-0.4, -0.2) is 26.2 Å². The number of nitrogens with two attached hydrogens (primary N) is 1. The fraction of sp³-hybridized carbons (Fsp3) is 0.588. The lowest BCUT2D eigenvalue weighted by Crippen LogP contribution is -2.40. The van der Waals surface area contributed by atoms with Crippen LogP contribution in [0.15, 0.2) is 24.3 Å². The normalized spacial score (nSPS) is 13.5. The largest absolute Gasteiger partial charge is 0.497 e. The summed E-state index contributed by atoms with van der Waals surface area (Å²) in [6.07, 6.45) is 3.19. The molecule has 4 nitrogen and oxygen atoms in total. The molecule has 1 unspecified atom stereocenters. The Kier molecular flexibility index (Phi) is 7.23. The summed E-state index contributed by atoms with van der Waals surface area (Å²) in [6.45, 7) is 4.62. The number of hydrogen-bond acceptors (Lipinski definition) is 4. The number of benzene rings is 1. The van der Waals surface area contributed by atoms with Gasteiger partial charge in [0.15, 0.2) is 0 Å². The molecule has 0 radical (unpaired) electrons. The number of ether oxygens (including phenoxy) is 2. The highest BCUT2D eigenvalue weighted by Crippen LogP contribution is 2.31. The maximum absolute atomic E-state index is 12.3. The van der Waals surface area contributed by atoms with Crippen molar-refractivity contribution in [2.75, 3.05) is 20.3 Å². The molecular weight excluding hydrogens is 266 g/mol. The van der Waals surface area contributed by atoms with Gasteiger partial charge >= 0.3 is 5.97 Å². The molecule has 0 amide bonds. The third-order valence-electron chi connectivity index (χ3n) is 3.88. The van der Waals surface area contributed by atoms with Crippen LogP contribution in [0.5, 0.6) is 5.75 Å². The van der Waals surface area contributed by atoms with Crippen molar-refractivity contribution in [3.8, 4) is 5.75 Å². The fourth-order valence-electron chi connectivity index (χ4n) is 2.56. The van der Waals surface area contributed by atoms with Gasteiger partial charge in [0.05, 0.1) is 19.1 Å². The lowest BCUT2D eigenvalue weighted by atomic mass is 9.78. The van der Waals surface area contributed by atoms with Gasteiger partial charge in [-0.25, -0.2) is 0 Å². The van der Waals surface area contributed by atoms with Crippen molar-refractivity contribution in [2.45, 2.75) is 39.5 Å². The van der Waals surface area contributed by atoms with Gasteiger partial charge in [-0.2, -0.15) is 0 Å². The summed E-state index contributed by atoms with van der Waals surface area (Å²) in [5.74, 6) is 0.672. The molecule has 0 heterocycles. The van der Waals surface area contributed by atoms with Gasteiger partial charge < -0.3 is 15.2 Å². The molecule has 1 rings (SSSR count). The number of rotatable bonds is 9. The van der Waals surface area contributed by atoms with Crippen LogP contribution in [0.25, 0.3) is 0 Å². The van der Waals surface area contributed by atoms with E-state index in [1.807, 2.05) is 31.2 Å². The highest BCUT2D eigenvalue weighted by Gasteiger charge is 2.37. The van der Waals surface area contributed by atoms with E-state index in [1.165, 1.54) is 5.56 Å². The predicted molar refractivity (Wildman–Crippen MR) is 84.3 cm³/mol. The van der Waals surface area contributed by atoms with Crippen molar-refractivity contribution >= 4 is 5.97 Å². The Morgan fingerprint density at radius 2 is 1.86 bits per heavy atom. The first-order chi connectivity index (χ1) is 10.1. The lowest BCUT2D eigenvalue weighted by Gasteiger charge is -2.29. The van der Waals surface area contributed by atoms with Crippen LogP contribution in [0.4, 0.5) is 0 Å². The Morgan fingerprint density at radius 1 is 1.19 bits per heavy atom. The Balaban J connectivity index is 2.77. The van der Waals surface area contributed by atoms with Gasteiger partial charge in [0.1, 0.15) is 5.75 Å².